The van der Waals surface area contributed by atoms with Crippen LogP contribution in [-0.2, 0) is 14.4 Å². The van der Waals surface area contributed by atoms with Gasteiger partial charge in [0.2, 0.25) is 35.6 Å². The van der Waals surface area contributed by atoms with E-state index in [1.807, 2.05) is 18.2 Å². The monoisotopic (exact) mass is 567 g/mol. The van der Waals surface area contributed by atoms with Crippen molar-refractivity contribution in [2.24, 2.45) is 5.73 Å². The van der Waals surface area contributed by atoms with Crippen LogP contribution in [0.4, 0.5) is 17.8 Å². The maximum absolute atomic E-state index is 12.9. The molecule has 2 atom stereocenters. The molecule has 1 aromatic heterocycles. The highest BCUT2D eigenvalue weighted by Gasteiger charge is 2.36. The molecule has 3 rings (SSSR count). The van der Waals surface area contributed by atoms with Crippen LogP contribution in [0.25, 0.3) is 0 Å². The van der Waals surface area contributed by atoms with Gasteiger partial charge in [-0.05, 0) is 18.1 Å². The van der Waals surface area contributed by atoms with Gasteiger partial charge < -0.3 is 36.6 Å². The number of aromatic nitrogens is 3. The van der Waals surface area contributed by atoms with Crippen LogP contribution >= 0.6 is 23.2 Å². The van der Waals surface area contributed by atoms with Gasteiger partial charge in [0.15, 0.2) is 0 Å². The Balaban J connectivity index is 1.86. The third kappa shape index (κ3) is 7.55. The summed E-state index contributed by atoms with van der Waals surface area (Å²) >= 11 is 12.2. The molecule has 1 aliphatic heterocycles. The molecule has 0 radical (unpaired) electrons. The smallest absolute Gasteiger partial charge is 0.244 e. The second-order valence-electron chi connectivity index (χ2n) is 8.45. The van der Waals surface area contributed by atoms with Crippen molar-refractivity contribution in [2.45, 2.75) is 24.9 Å². The number of primary amides is 1. The number of amides is 3. The zero-order valence-corrected chi connectivity index (χ0v) is 22.4. The molecule has 1 saturated heterocycles. The fraction of sp³-hybridized carbons (Fsp3) is 0.478. The molecule has 38 heavy (non-hydrogen) atoms. The van der Waals surface area contributed by atoms with Crippen LogP contribution < -0.4 is 26.6 Å². The third-order valence-electron chi connectivity index (χ3n) is 5.92. The number of rotatable bonds is 12. The van der Waals surface area contributed by atoms with E-state index in [0.29, 0.717) is 18.0 Å². The van der Waals surface area contributed by atoms with E-state index in [9.17, 15) is 19.5 Å². The number of halogens is 2. The lowest BCUT2D eigenvalue weighted by atomic mass is 10.0. The van der Waals surface area contributed by atoms with E-state index in [-0.39, 0.29) is 68.3 Å². The molecule has 6 N–H and O–H groups in total. The van der Waals surface area contributed by atoms with Crippen molar-refractivity contribution in [1.82, 2.24) is 25.2 Å². The number of anilines is 3. The number of alkyl halides is 1. The van der Waals surface area contributed by atoms with E-state index < -0.39 is 17.9 Å². The minimum atomic E-state index is -0.889. The SMILES string of the molecule is CNc1nc(NC(CCO)c2ccccc2Cl)nc(N2CCN(C(=O)CCl)C(C(=O)NCCC(N)=O)C2)n1. The largest absolute Gasteiger partial charge is 0.396 e. The van der Waals surface area contributed by atoms with Gasteiger partial charge in [-0.2, -0.15) is 15.0 Å². The molecular weight excluding hydrogens is 537 g/mol. The average Bonchev–Trinajstić information content (AvgIpc) is 2.91. The first kappa shape index (κ1) is 29.1. The summed E-state index contributed by atoms with van der Waals surface area (Å²) in [6.07, 6.45) is 0.326. The highest BCUT2D eigenvalue weighted by molar-refractivity contribution is 6.31. The number of nitrogens with two attached hydrogens (primary N) is 1. The summed E-state index contributed by atoms with van der Waals surface area (Å²) in [6.45, 7) is 0.580. The van der Waals surface area contributed by atoms with Gasteiger partial charge in [0.25, 0.3) is 0 Å². The highest BCUT2D eigenvalue weighted by Crippen LogP contribution is 2.28. The Kier molecular flexibility index (Phi) is 10.7. The summed E-state index contributed by atoms with van der Waals surface area (Å²) in [6, 6.07) is 6.01. The molecule has 1 aliphatic rings. The van der Waals surface area contributed by atoms with Gasteiger partial charge in [0.1, 0.15) is 11.9 Å². The Morgan fingerprint density at radius 2 is 1.92 bits per heavy atom. The summed E-state index contributed by atoms with van der Waals surface area (Å²) in [5, 5.41) is 18.9. The fourth-order valence-electron chi connectivity index (χ4n) is 4.02. The minimum absolute atomic E-state index is 0.0277. The molecule has 2 unspecified atom stereocenters. The van der Waals surface area contributed by atoms with Crippen LogP contribution in [-0.4, -0.2) is 94.4 Å². The lowest BCUT2D eigenvalue weighted by molar-refractivity contribution is -0.139. The highest BCUT2D eigenvalue weighted by atomic mass is 35.5. The van der Waals surface area contributed by atoms with Gasteiger partial charge in [-0.25, -0.2) is 0 Å². The number of aliphatic hydroxyl groups is 1. The molecule has 0 aliphatic carbocycles. The number of benzene rings is 1. The maximum atomic E-state index is 12.9. The molecule has 0 spiro atoms. The van der Waals surface area contributed by atoms with Crippen LogP contribution in [0.1, 0.15) is 24.4 Å². The molecule has 1 fully saturated rings. The van der Waals surface area contributed by atoms with Crippen molar-refractivity contribution in [3.63, 3.8) is 0 Å². The Morgan fingerprint density at radius 1 is 1.18 bits per heavy atom. The van der Waals surface area contributed by atoms with Crippen LogP contribution in [0, 0.1) is 0 Å². The lowest BCUT2D eigenvalue weighted by Gasteiger charge is -2.40. The minimum Gasteiger partial charge on any atom is -0.396 e. The number of hydrogen-bond donors (Lipinski definition) is 5. The standard InChI is InChI=1S/C23H31Cl2N9O4/c1-27-21-30-22(29-16(7-11-35)14-4-2-3-5-15(14)25)32-23(31-21)33-9-10-34(19(37)12-24)17(13-33)20(38)28-8-6-18(26)36/h2-5,16-17,35H,6-13H2,1H3,(H2,26,36)(H,28,38)(H2,27,29,30,31,32). The van der Waals surface area contributed by atoms with Crippen LogP contribution in [0.3, 0.4) is 0 Å². The molecule has 1 aromatic carbocycles. The topological polar surface area (TPSA) is 179 Å². The molecule has 15 heteroatoms. The molecule has 2 aromatic rings. The zero-order chi connectivity index (χ0) is 27.7. The van der Waals surface area contributed by atoms with Crippen molar-refractivity contribution in [2.75, 3.05) is 61.2 Å². The lowest BCUT2D eigenvalue weighted by Crippen LogP contribution is -2.61. The van der Waals surface area contributed by atoms with E-state index in [1.165, 1.54) is 4.90 Å². The van der Waals surface area contributed by atoms with E-state index in [0.717, 1.165) is 5.56 Å². The number of nitrogens with zero attached hydrogens (tertiary/aromatic N) is 5. The quantitative estimate of drug-likeness (QED) is 0.224. The second-order valence-corrected chi connectivity index (χ2v) is 9.13. The summed E-state index contributed by atoms with van der Waals surface area (Å²) in [5.74, 6) is -0.866. The van der Waals surface area contributed by atoms with Crippen molar-refractivity contribution in [1.29, 1.82) is 0 Å². The molecule has 2 heterocycles. The first-order valence-electron chi connectivity index (χ1n) is 12.0. The predicted molar refractivity (Wildman–Crippen MR) is 144 cm³/mol. The number of aliphatic hydroxyl groups excluding tert-OH is 1. The third-order valence-corrected chi connectivity index (χ3v) is 6.49. The predicted octanol–water partition coefficient (Wildman–Crippen LogP) is 0.350. The normalized spacial score (nSPS) is 16.1. The van der Waals surface area contributed by atoms with Crippen LogP contribution in [0.2, 0.25) is 5.02 Å². The van der Waals surface area contributed by atoms with Gasteiger partial charge >= 0.3 is 0 Å². The molecule has 0 bridgehead atoms. The summed E-state index contributed by atoms with van der Waals surface area (Å²) in [7, 11) is 1.66. The maximum Gasteiger partial charge on any atom is 0.244 e. The van der Waals surface area contributed by atoms with E-state index in [2.05, 4.69) is 30.9 Å². The first-order chi connectivity index (χ1) is 18.3. The number of piperazine rings is 1. The Labute approximate surface area is 230 Å². The number of carbonyl (C=O) groups excluding carboxylic acids is 3. The van der Waals surface area contributed by atoms with Gasteiger partial charge in [-0.15, -0.1) is 11.6 Å². The number of nitrogens with one attached hydrogen (secondary N) is 3. The van der Waals surface area contributed by atoms with E-state index >= 15 is 0 Å². The Morgan fingerprint density at radius 3 is 2.58 bits per heavy atom. The van der Waals surface area contributed by atoms with Gasteiger partial charge in [-0.3, -0.25) is 14.4 Å². The van der Waals surface area contributed by atoms with Crippen molar-refractivity contribution < 1.29 is 19.5 Å². The molecule has 3 amide bonds. The van der Waals surface area contributed by atoms with E-state index in [4.69, 9.17) is 28.9 Å². The molecular formula is C23H31Cl2N9O4. The molecule has 13 nitrogen and oxygen atoms in total. The van der Waals surface area contributed by atoms with Crippen molar-refractivity contribution >= 4 is 58.8 Å². The fourth-order valence-corrected chi connectivity index (χ4v) is 4.44. The van der Waals surface area contributed by atoms with Crippen LogP contribution in [0.15, 0.2) is 24.3 Å². The summed E-state index contributed by atoms with van der Waals surface area (Å²) in [5.41, 5.74) is 5.93. The average molecular weight is 568 g/mol. The van der Waals surface area contributed by atoms with Crippen molar-refractivity contribution in [3.05, 3.63) is 34.9 Å². The van der Waals surface area contributed by atoms with E-state index in [1.54, 1.807) is 18.0 Å². The van der Waals surface area contributed by atoms with Crippen LogP contribution in [0.5, 0.6) is 0 Å². The van der Waals surface area contributed by atoms with Crippen molar-refractivity contribution in [3.8, 4) is 0 Å². The van der Waals surface area contributed by atoms with Gasteiger partial charge in [0.05, 0.1) is 12.6 Å². The van der Waals surface area contributed by atoms with Gasteiger partial charge in [0, 0.05) is 44.7 Å². The first-order valence-corrected chi connectivity index (χ1v) is 12.9. The summed E-state index contributed by atoms with van der Waals surface area (Å²) < 4.78 is 0. The van der Waals surface area contributed by atoms with Gasteiger partial charge in [-0.1, -0.05) is 29.8 Å². The zero-order valence-electron chi connectivity index (χ0n) is 20.9. The molecule has 0 saturated carbocycles. The molecule has 206 valence electrons. The number of carbonyl (C=O) groups is 3. The number of hydrogen-bond acceptors (Lipinski definition) is 10. The summed E-state index contributed by atoms with van der Waals surface area (Å²) in [4.78, 5) is 53.0. The second kappa shape index (κ2) is 13.9. The Bertz CT molecular complexity index is 1140. The Hall–Kier alpha value is -3.42.